The molecule has 3 aromatic rings. The topological polar surface area (TPSA) is 59.0 Å². The fourth-order valence-corrected chi connectivity index (χ4v) is 2.95. The minimum atomic E-state index is -0.337. The van der Waals surface area contributed by atoms with Gasteiger partial charge in [-0.2, -0.15) is 5.10 Å². The number of carbonyl (C=O) groups excluding carboxylic acids is 1. The van der Waals surface area contributed by atoms with Crippen LogP contribution in [0.4, 0.5) is 16.2 Å². The number of nitrogens with zero attached hydrogens (tertiary/aromatic N) is 2. The molecule has 7 heteroatoms. The number of nitrogens with one attached hydrogen (secondary N) is 2. The number of hydrogen-bond donors (Lipinski definition) is 2. The minimum Gasteiger partial charge on any atom is -0.308 e. The molecule has 26 heavy (non-hydrogen) atoms. The summed E-state index contributed by atoms with van der Waals surface area (Å²) in [5, 5.41) is 11.5. The standard InChI is InChI=1S/C19H18Cl2N4O/c1-12-18(23-19(26)22-16-9-7-15(20)8-10-16)13(2)25(24-12)11-14-5-3-4-6-17(14)21/h3-10H,11H2,1-2H3,(H2,22,23,26). The number of rotatable bonds is 4. The van der Waals surface area contributed by atoms with Gasteiger partial charge in [0.1, 0.15) is 0 Å². The predicted octanol–water partition coefficient (Wildman–Crippen LogP) is 5.50. The van der Waals surface area contributed by atoms with E-state index in [2.05, 4.69) is 15.7 Å². The molecule has 1 aromatic heterocycles. The Hall–Kier alpha value is -2.50. The number of aromatic nitrogens is 2. The fourth-order valence-electron chi connectivity index (χ4n) is 2.63. The number of urea groups is 1. The maximum absolute atomic E-state index is 12.3. The van der Waals surface area contributed by atoms with Crippen molar-refractivity contribution in [3.8, 4) is 0 Å². The van der Waals surface area contributed by atoms with Crippen molar-refractivity contribution >= 4 is 40.6 Å². The molecular weight excluding hydrogens is 371 g/mol. The molecule has 0 spiro atoms. The van der Waals surface area contributed by atoms with Crippen molar-refractivity contribution in [1.29, 1.82) is 0 Å². The molecule has 0 fully saturated rings. The van der Waals surface area contributed by atoms with Gasteiger partial charge < -0.3 is 10.6 Å². The number of benzene rings is 2. The lowest BCUT2D eigenvalue weighted by molar-refractivity contribution is 0.262. The van der Waals surface area contributed by atoms with Crippen LogP contribution in [0.2, 0.25) is 10.0 Å². The normalized spacial score (nSPS) is 10.6. The Labute approximate surface area is 161 Å². The van der Waals surface area contributed by atoms with Crippen LogP contribution in [0.3, 0.4) is 0 Å². The van der Waals surface area contributed by atoms with E-state index in [1.807, 2.05) is 42.8 Å². The van der Waals surface area contributed by atoms with Gasteiger partial charge in [-0.05, 0) is 49.7 Å². The number of halogens is 2. The summed E-state index contributed by atoms with van der Waals surface area (Å²) in [6.45, 7) is 4.30. The van der Waals surface area contributed by atoms with E-state index < -0.39 is 0 Å². The summed E-state index contributed by atoms with van der Waals surface area (Å²) in [6.07, 6.45) is 0. The largest absolute Gasteiger partial charge is 0.323 e. The third-order valence-corrected chi connectivity index (χ3v) is 4.62. The zero-order valence-electron chi connectivity index (χ0n) is 14.4. The molecule has 2 amide bonds. The Bertz CT molecular complexity index is 935. The van der Waals surface area contributed by atoms with E-state index in [1.54, 1.807) is 24.3 Å². The number of aryl methyl sites for hydroxylation is 1. The molecule has 0 bridgehead atoms. The van der Waals surface area contributed by atoms with E-state index in [0.29, 0.717) is 28.0 Å². The average molecular weight is 389 g/mol. The molecule has 2 N–H and O–H groups in total. The molecule has 0 saturated heterocycles. The van der Waals surface area contributed by atoms with Crippen LogP contribution in [0.1, 0.15) is 17.0 Å². The number of amides is 2. The number of anilines is 2. The molecule has 134 valence electrons. The second kappa shape index (κ2) is 7.81. The van der Waals surface area contributed by atoms with Crippen molar-refractivity contribution in [1.82, 2.24) is 9.78 Å². The summed E-state index contributed by atoms with van der Waals surface area (Å²) in [5.74, 6) is 0. The monoisotopic (exact) mass is 388 g/mol. The van der Waals surface area contributed by atoms with Crippen molar-refractivity contribution in [2.24, 2.45) is 0 Å². The van der Waals surface area contributed by atoms with Crippen molar-refractivity contribution in [3.63, 3.8) is 0 Å². The molecular formula is C19H18Cl2N4O. The predicted molar refractivity (Wildman–Crippen MR) is 106 cm³/mol. The van der Waals surface area contributed by atoms with Crippen LogP contribution in [0.5, 0.6) is 0 Å². The average Bonchev–Trinajstić information content (AvgIpc) is 2.86. The van der Waals surface area contributed by atoms with Gasteiger partial charge in [-0.25, -0.2) is 4.79 Å². The van der Waals surface area contributed by atoms with E-state index >= 15 is 0 Å². The summed E-state index contributed by atoms with van der Waals surface area (Å²) in [6, 6.07) is 14.2. The quantitative estimate of drug-likeness (QED) is 0.619. The third-order valence-electron chi connectivity index (χ3n) is 4.00. The van der Waals surface area contributed by atoms with E-state index in [9.17, 15) is 4.79 Å². The molecule has 0 aliphatic carbocycles. The highest BCUT2D eigenvalue weighted by molar-refractivity contribution is 6.31. The Morgan fingerprint density at radius 3 is 2.42 bits per heavy atom. The van der Waals surface area contributed by atoms with E-state index in [1.165, 1.54) is 0 Å². The van der Waals surface area contributed by atoms with Crippen LogP contribution in [0, 0.1) is 13.8 Å². The number of hydrogen-bond acceptors (Lipinski definition) is 2. The molecule has 0 aliphatic rings. The first-order valence-corrected chi connectivity index (χ1v) is 8.80. The molecule has 0 unspecified atom stereocenters. The number of carbonyl (C=O) groups is 1. The fraction of sp³-hybridized carbons (Fsp3) is 0.158. The molecule has 0 atom stereocenters. The zero-order valence-corrected chi connectivity index (χ0v) is 15.9. The molecule has 0 aliphatic heterocycles. The summed E-state index contributed by atoms with van der Waals surface area (Å²) < 4.78 is 1.83. The van der Waals surface area contributed by atoms with Crippen molar-refractivity contribution < 1.29 is 4.79 Å². The van der Waals surface area contributed by atoms with E-state index in [0.717, 1.165) is 17.0 Å². The first kappa shape index (κ1) is 18.3. The highest BCUT2D eigenvalue weighted by atomic mass is 35.5. The SMILES string of the molecule is Cc1nn(Cc2ccccc2Cl)c(C)c1NC(=O)Nc1ccc(Cl)cc1. The Kier molecular flexibility index (Phi) is 5.49. The summed E-state index contributed by atoms with van der Waals surface area (Å²) in [7, 11) is 0. The molecule has 1 heterocycles. The van der Waals surface area contributed by atoms with Crippen LogP contribution in [0.15, 0.2) is 48.5 Å². The zero-order chi connectivity index (χ0) is 18.7. The second-order valence-electron chi connectivity index (χ2n) is 5.88. The van der Waals surface area contributed by atoms with Crippen LogP contribution >= 0.6 is 23.2 Å². The van der Waals surface area contributed by atoms with Gasteiger partial charge in [0, 0.05) is 15.7 Å². The van der Waals surface area contributed by atoms with Gasteiger partial charge in [-0.15, -0.1) is 0 Å². The van der Waals surface area contributed by atoms with Crippen LogP contribution < -0.4 is 10.6 Å². The first-order valence-electron chi connectivity index (χ1n) is 8.05. The van der Waals surface area contributed by atoms with Gasteiger partial charge in [0.05, 0.1) is 23.6 Å². The molecule has 0 radical (unpaired) electrons. The molecule has 0 saturated carbocycles. The Balaban J connectivity index is 1.74. The highest BCUT2D eigenvalue weighted by Crippen LogP contribution is 2.23. The first-order chi connectivity index (χ1) is 12.4. The Morgan fingerprint density at radius 1 is 1.04 bits per heavy atom. The lowest BCUT2D eigenvalue weighted by Crippen LogP contribution is -2.20. The van der Waals surface area contributed by atoms with Gasteiger partial charge in [0.2, 0.25) is 0 Å². The third kappa shape index (κ3) is 4.18. The minimum absolute atomic E-state index is 0.337. The molecule has 3 rings (SSSR count). The van der Waals surface area contributed by atoms with Crippen LogP contribution in [-0.2, 0) is 6.54 Å². The highest BCUT2D eigenvalue weighted by Gasteiger charge is 2.15. The summed E-state index contributed by atoms with van der Waals surface area (Å²) in [5.41, 5.74) is 3.90. The van der Waals surface area contributed by atoms with E-state index in [4.69, 9.17) is 23.2 Å². The summed E-state index contributed by atoms with van der Waals surface area (Å²) >= 11 is 12.1. The summed E-state index contributed by atoms with van der Waals surface area (Å²) in [4.78, 5) is 12.3. The molecule has 5 nitrogen and oxygen atoms in total. The van der Waals surface area contributed by atoms with Gasteiger partial charge in [0.25, 0.3) is 0 Å². The Morgan fingerprint density at radius 2 is 1.73 bits per heavy atom. The molecule has 2 aromatic carbocycles. The van der Waals surface area contributed by atoms with Gasteiger partial charge in [-0.3, -0.25) is 4.68 Å². The van der Waals surface area contributed by atoms with Gasteiger partial charge >= 0.3 is 6.03 Å². The van der Waals surface area contributed by atoms with Crippen LogP contribution in [-0.4, -0.2) is 15.8 Å². The van der Waals surface area contributed by atoms with Crippen molar-refractivity contribution in [2.45, 2.75) is 20.4 Å². The lowest BCUT2D eigenvalue weighted by Gasteiger charge is -2.09. The van der Waals surface area contributed by atoms with Gasteiger partial charge in [0.15, 0.2) is 0 Å². The smallest absolute Gasteiger partial charge is 0.308 e. The lowest BCUT2D eigenvalue weighted by atomic mass is 10.2. The van der Waals surface area contributed by atoms with Gasteiger partial charge in [-0.1, -0.05) is 41.4 Å². The van der Waals surface area contributed by atoms with Crippen molar-refractivity contribution in [2.75, 3.05) is 10.6 Å². The van der Waals surface area contributed by atoms with E-state index in [-0.39, 0.29) is 6.03 Å². The maximum Gasteiger partial charge on any atom is 0.323 e. The van der Waals surface area contributed by atoms with Crippen LogP contribution in [0.25, 0.3) is 0 Å². The second-order valence-corrected chi connectivity index (χ2v) is 6.72. The van der Waals surface area contributed by atoms with Crippen molar-refractivity contribution in [3.05, 3.63) is 75.5 Å². The maximum atomic E-state index is 12.3.